The third-order valence-electron chi connectivity index (χ3n) is 2.83. The molecule has 6 heteroatoms. The fraction of sp³-hybridized carbons (Fsp3) is 0.385. The first-order valence-corrected chi connectivity index (χ1v) is 6.71. The Morgan fingerprint density at radius 3 is 2.42 bits per heavy atom. The van der Waals surface area contributed by atoms with E-state index in [0.29, 0.717) is 5.56 Å². The van der Waals surface area contributed by atoms with Crippen LogP contribution in [0, 0.1) is 0 Å². The van der Waals surface area contributed by atoms with Gasteiger partial charge in [-0.15, -0.1) is 0 Å². The van der Waals surface area contributed by atoms with Crippen LogP contribution in [0.5, 0.6) is 0 Å². The van der Waals surface area contributed by atoms with Crippen LogP contribution >= 0.6 is 15.9 Å². The van der Waals surface area contributed by atoms with Gasteiger partial charge in [0.05, 0.1) is 0 Å². The molecule has 4 N–H and O–H groups in total. The van der Waals surface area contributed by atoms with Gasteiger partial charge in [-0.05, 0) is 24.6 Å². The van der Waals surface area contributed by atoms with Crippen LogP contribution in [0.4, 0.5) is 0 Å². The number of hydrogen-bond donors (Lipinski definition) is 3. The van der Waals surface area contributed by atoms with Gasteiger partial charge < -0.3 is 16.4 Å². The molecule has 0 aliphatic carbocycles. The molecule has 0 aliphatic heterocycles. The second kappa shape index (κ2) is 6.68. The van der Waals surface area contributed by atoms with E-state index in [4.69, 9.17) is 5.73 Å². The highest BCUT2D eigenvalue weighted by atomic mass is 79.9. The summed E-state index contributed by atoms with van der Waals surface area (Å²) in [5.74, 6) is -0.429. The second-order valence-electron chi connectivity index (χ2n) is 4.39. The Bertz CT molecular complexity index is 457. The van der Waals surface area contributed by atoms with Crippen LogP contribution in [-0.2, 0) is 15.1 Å². The van der Waals surface area contributed by atoms with Gasteiger partial charge >= 0.3 is 0 Å². The van der Waals surface area contributed by atoms with Crippen molar-refractivity contribution in [2.75, 3.05) is 13.6 Å². The normalized spacial score (nSPS) is 13.5. The number of hydrogen-bond acceptors (Lipinski definition) is 3. The van der Waals surface area contributed by atoms with Crippen molar-refractivity contribution in [1.29, 1.82) is 0 Å². The molecule has 0 heterocycles. The standard InChI is InChI=1S/C13H18BrN3O2/c1-13(15,9-3-5-10(14)6-4-9)12(19)17-8-7-11(18)16-2/h3-6H,7-8,15H2,1-2H3,(H,16,18)(H,17,19). The summed E-state index contributed by atoms with van der Waals surface area (Å²) in [6.45, 7) is 1.91. The van der Waals surface area contributed by atoms with Crippen LogP contribution in [0.2, 0.25) is 0 Å². The van der Waals surface area contributed by atoms with Crippen LogP contribution in [0.25, 0.3) is 0 Å². The van der Waals surface area contributed by atoms with Crippen molar-refractivity contribution >= 4 is 27.7 Å². The van der Waals surface area contributed by atoms with Crippen molar-refractivity contribution in [2.24, 2.45) is 5.73 Å². The average Bonchev–Trinajstić information content (AvgIpc) is 2.38. The number of amides is 2. The van der Waals surface area contributed by atoms with Gasteiger partial charge in [-0.1, -0.05) is 28.1 Å². The monoisotopic (exact) mass is 327 g/mol. The molecule has 0 saturated carbocycles. The maximum absolute atomic E-state index is 12.0. The molecule has 0 fully saturated rings. The molecule has 19 heavy (non-hydrogen) atoms. The summed E-state index contributed by atoms with van der Waals surface area (Å²) >= 11 is 3.33. The highest BCUT2D eigenvalue weighted by molar-refractivity contribution is 9.10. The van der Waals surface area contributed by atoms with E-state index >= 15 is 0 Å². The van der Waals surface area contributed by atoms with Crippen LogP contribution < -0.4 is 16.4 Å². The van der Waals surface area contributed by atoms with Crippen molar-refractivity contribution in [3.05, 3.63) is 34.3 Å². The summed E-state index contributed by atoms with van der Waals surface area (Å²) < 4.78 is 0.923. The predicted molar refractivity (Wildman–Crippen MR) is 77.4 cm³/mol. The number of carbonyl (C=O) groups excluding carboxylic acids is 2. The van der Waals surface area contributed by atoms with Crippen molar-refractivity contribution in [1.82, 2.24) is 10.6 Å². The highest BCUT2D eigenvalue weighted by Crippen LogP contribution is 2.20. The minimum Gasteiger partial charge on any atom is -0.359 e. The molecule has 1 aromatic rings. The Kier molecular flexibility index (Phi) is 5.50. The second-order valence-corrected chi connectivity index (χ2v) is 5.30. The molecule has 2 amide bonds. The smallest absolute Gasteiger partial charge is 0.244 e. The van der Waals surface area contributed by atoms with E-state index in [-0.39, 0.29) is 24.8 Å². The van der Waals surface area contributed by atoms with Crippen molar-refractivity contribution in [2.45, 2.75) is 18.9 Å². The van der Waals surface area contributed by atoms with Crippen LogP contribution in [0.15, 0.2) is 28.7 Å². The third kappa shape index (κ3) is 4.33. The van der Waals surface area contributed by atoms with Gasteiger partial charge in [0, 0.05) is 24.5 Å². The molecule has 0 saturated heterocycles. The van der Waals surface area contributed by atoms with Gasteiger partial charge in [-0.25, -0.2) is 0 Å². The molecule has 1 unspecified atom stereocenters. The lowest BCUT2D eigenvalue weighted by Crippen LogP contribution is -2.49. The van der Waals surface area contributed by atoms with E-state index in [1.54, 1.807) is 26.1 Å². The van der Waals surface area contributed by atoms with Crippen molar-refractivity contribution < 1.29 is 9.59 Å². The summed E-state index contributed by atoms with van der Waals surface area (Å²) in [6, 6.07) is 7.25. The SMILES string of the molecule is CNC(=O)CCNC(=O)C(C)(N)c1ccc(Br)cc1. The lowest BCUT2D eigenvalue weighted by atomic mass is 9.92. The first kappa shape index (κ1) is 15.7. The summed E-state index contributed by atoms with van der Waals surface area (Å²) in [6.07, 6.45) is 0.235. The van der Waals surface area contributed by atoms with E-state index in [2.05, 4.69) is 26.6 Å². The lowest BCUT2D eigenvalue weighted by Gasteiger charge is -2.24. The molecule has 1 rings (SSSR count). The van der Waals surface area contributed by atoms with Gasteiger partial charge in [0.2, 0.25) is 11.8 Å². The maximum atomic E-state index is 12.0. The molecular weight excluding hydrogens is 310 g/mol. The van der Waals surface area contributed by atoms with E-state index in [9.17, 15) is 9.59 Å². The Morgan fingerprint density at radius 2 is 1.89 bits per heavy atom. The molecule has 5 nitrogen and oxygen atoms in total. The Labute approximate surface area is 121 Å². The average molecular weight is 328 g/mol. The minimum absolute atomic E-state index is 0.123. The fourth-order valence-corrected chi connectivity index (χ4v) is 1.79. The molecule has 1 atom stereocenters. The number of rotatable bonds is 5. The summed E-state index contributed by atoms with van der Waals surface area (Å²) in [5, 5.41) is 5.15. The maximum Gasteiger partial charge on any atom is 0.244 e. The first-order chi connectivity index (χ1) is 8.87. The van der Waals surface area contributed by atoms with Gasteiger partial charge in [-0.3, -0.25) is 9.59 Å². The Hall–Kier alpha value is -1.40. The predicted octanol–water partition coefficient (Wildman–Crippen LogP) is 0.875. The van der Waals surface area contributed by atoms with Gasteiger partial charge in [0.15, 0.2) is 0 Å². The molecule has 0 aromatic heterocycles. The van der Waals surface area contributed by atoms with E-state index in [0.717, 1.165) is 4.47 Å². The van der Waals surface area contributed by atoms with Gasteiger partial charge in [0.25, 0.3) is 0 Å². The van der Waals surface area contributed by atoms with Crippen molar-refractivity contribution in [3.63, 3.8) is 0 Å². The number of nitrogens with two attached hydrogens (primary N) is 1. The van der Waals surface area contributed by atoms with E-state index in [1.807, 2.05) is 12.1 Å². The molecule has 0 radical (unpaired) electrons. The Morgan fingerprint density at radius 1 is 1.32 bits per heavy atom. The summed E-state index contributed by atoms with van der Waals surface area (Å²) in [4.78, 5) is 23.1. The zero-order valence-corrected chi connectivity index (χ0v) is 12.6. The molecule has 104 valence electrons. The third-order valence-corrected chi connectivity index (χ3v) is 3.36. The molecule has 0 spiro atoms. The van der Waals surface area contributed by atoms with Crippen LogP contribution in [0.1, 0.15) is 18.9 Å². The van der Waals surface area contributed by atoms with E-state index < -0.39 is 5.54 Å². The van der Waals surface area contributed by atoms with Crippen LogP contribution in [-0.4, -0.2) is 25.4 Å². The molecule has 0 bridgehead atoms. The molecule has 0 aliphatic rings. The van der Waals surface area contributed by atoms with Crippen LogP contribution in [0.3, 0.4) is 0 Å². The number of benzene rings is 1. The summed E-state index contributed by atoms with van der Waals surface area (Å²) in [5.41, 5.74) is 5.65. The highest BCUT2D eigenvalue weighted by Gasteiger charge is 2.30. The Balaban J connectivity index is 2.63. The zero-order chi connectivity index (χ0) is 14.5. The number of nitrogens with one attached hydrogen (secondary N) is 2. The molecule has 1 aromatic carbocycles. The molecular formula is C13H18BrN3O2. The number of carbonyl (C=O) groups is 2. The lowest BCUT2D eigenvalue weighted by molar-refractivity contribution is -0.126. The zero-order valence-electron chi connectivity index (χ0n) is 11.0. The largest absolute Gasteiger partial charge is 0.359 e. The van der Waals surface area contributed by atoms with Crippen molar-refractivity contribution in [3.8, 4) is 0 Å². The fourth-order valence-electron chi connectivity index (χ4n) is 1.53. The summed E-state index contributed by atoms with van der Waals surface area (Å²) in [7, 11) is 1.55. The van der Waals surface area contributed by atoms with Gasteiger partial charge in [0.1, 0.15) is 5.54 Å². The topological polar surface area (TPSA) is 84.2 Å². The van der Waals surface area contributed by atoms with Gasteiger partial charge in [-0.2, -0.15) is 0 Å². The quantitative estimate of drug-likeness (QED) is 0.750. The van der Waals surface area contributed by atoms with E-state index in [1.165, 1.54) is 0 Å². The number of halogens is 1. The minimum atomic E-state index is -1.12. The first-order valence-electron chi connectivity index (χ1n) is 5.91.